The SMILES string of the molecule is CN1CCN(Cc2ccc3c(c2)ncn3-c2nc(-c3ccc(Cl)cc3)c(C(N)=O)s2)CC1. The lowest BCUT2D eigenvalue weighted by molar-refractivity contribution is 0.100. The number of nitrogens with two attached hydrogens (primary N) is 1. The average Bonchev–Trinajstić information content (AvgIpc) is 3.40. The number of carbonyl (C=O) groups excluding carboxylic acids is 1. The maximum Gasteiger partial charge on any atom is 0.261 e. The van der Waals surface area contributed by atoms with E-state index in [1.165, 1.54) is 16.9 Å². The Labute approximate surface area is 195 Å². The Morgan fingerprint density at radius 1 is 1.12 bits per heavy atom. The molecule has 7 nitrogen and oxygen atoms in total. The molecule has 164 valence electrons. The zero-order chi connectivity index (χ0) is 22.2. The number of imidazole rings is 1. The van der Waals surface area contributed by atoms with Crippen LogP contribution in [0.1, 0.15) is 15.2 Å². The Balaban J connectivity index is 1.46. The van der Waals surface area contributed by atoms with Crippen molar-refractivity contribution >= 4 is 39.9 Å². The highest BCUT2D eigenvalue weighted by molar-refractivity contribution is 7.16. The highest BCUT2D eigenvalue weighted by atomic mass is 35.5. The monoisotopic (exact) mass is 466 g/mol. The molecule has 32 heavy (non-hydrogen) atoms. The zero-order valence-corrected chi connectivity index (χ0v) is 19.2. The van der Waals surface area contributed by atoms with Gasteiger partial charge in [0, 0.05) is 43.3 Å². The molecule has 2 N–H and O–H groups in total. The molecule has 2 aromatic heterocycles. The smallest absolute Gasteiger partial charge is 0.261 e. The topological polar surface area (TPSA) is 80.3 Å². The van der Waals surface area contributed by atoms with Crippen LogP contribution in [0.2, 0.25) is 5.02 Å². The number of likely N-dealkylation sites (N-methyl/N-ethyl adjacent to an activating group) is 1. The molecule has 9 heteroatoms. The van der Waals surface area contributed by atoms with Crippen LogP contribution >= 0.6 is 22.9 Å². The highest BCUT2D eigenvalue weighted by Gasteiger charge is 2.20. The molecule has 1 aliphatic rings. The van der Waals surface area contributed by atoms with E-state index in [1.54, 1.807) is 18.5 Å². The van der Waals surface area contributed by atoms with Crippen LogP contribution in [-0.2, 0) is 6.54 Å². The summed E-state index contributed by atoms with van der Waals surface area (Å²) in [5.41, 5.74) is 10.1. The molecule has 0 spiro atoms. The predicted molar refractivity (Wildman–Crippen MR) is 128 cm³/mol. The van der Waals surface area contributed by atoms with E-state index in [0.717, 1.165) is 49.3 Å². The molecule has 1 amide bonds. The van der Waals surface area contributed by atoms with Gasteiger partial charge in [-0.05, 0) is 36.9 Å². The molecule has 5 rings (SSSR count). The summed E-state index contributed by atoms with van der Waals surface area (Å²) in [6, 6.07) is 13.6. The number of halogens is 1. The maximum absolute atomic E-state index is 12.1. The fourth-order valence-electron chi connectivity index (χ4n) is 3.96. The van der Waals surface area contributed by atoms with Crippen molar-refractivity contribution in [2.45, 2.75) is 6.54 Å². The standard InChI is InChI=1S/C23H23ClN6OS/c1-28-8-10-29(11-9-28)13-15-2-7-19-18(12-15)26-14-30(19)23-27-20(21(32-23)22(25)31)16-3-5-17(24)6-4-16/h2-7,12,14H,8-11,13H2,1H3,(H2,25,31). The average molecular weight is 467 g/mol. The van der Waals surface area contributed by atoms with Gasteiger partial charge in [0.25, 0.3) is 5.91 Å². The Bertz CT molecular complexity index is 1270. The van der Waals surface area contributed by atoms with Crippen LogP contribution in [0.5, 0.6) is 0 Å². The van der Waals surface area contributed by atoms with Gasteiger partial charge in [-0.25, -0.2) is 9.97 Å². The molecule has 1 saturated heterocycles. The quantitative estimate of drug-likeness (QED) is 0.485. The number of thiazole rings is 1. The molecule has 0 atom stereocenters. The van der Waals surface area contributed by atoms with Gasteiger partial charge in [-0.1, -0.05) is 41.1 Å². The van der Waals surface area contributed by atoms with Crippen LogP contribution in [0.15, 0.2) is 48.8 Å². The summed E-state index contributed by atoms with van der Waals surface area (Å²) in [5.74, 6) is -0.502. The molecule has 1 aliphatic heterocycles. The fourth-order valence-corrected chi connectivity index (χ4v) is 5.01. The van der Waals surface area contributed by atoms with Crippen molar-refractivity contribution in [2.24, 2.45) is 5.73 Å². The van der Waals surface area contributed by atoms with Gasteiger partial charge in [0.1, 0.15) is 11.2 Å². The van der Waals surface area contributed by atoms with Crippen LogP contribution < -0.4 is 5.73 Å². The lowest BCUT2D eigenvalue weighted by atomic mass is 10.1. The van der Waals surface area contributed by atoms with Crippen molar-refractivity contribution in [3.63, 3.8) is 0 Å². The Kier molecular flexibility index (Phi) is 5.69. The Hall–Kier alpha value is -2.78. The van der Waals surface area contributed by atoms with E-state index in [1.807, 2.05) is 16.7 Å². The lowest BCUT2D eigenvalue weighted by Gasteiger charge is -2.32. The largest absolute Gasteiger partial charge is 0.365 e. The van der Waals surface area contributed by atoms with E-state index < -0.39 is 5.91 Å². The highest BCUT2D eigenvalue weighted by Crippen LogP contribution is 2.32. The van der Waals surface area contributed by atoms with Gasteiger partial charge in [-0.3, -0.25) is 14.3 Å². The van der Waals surface area contributed by atoms with Crippen LogP contribution in [0.4, 0.5) is 0 Å². The summed E-state index contributed by atoms with van der Waals surface area (Å²) < 4.78 is 1.91. The zero-order valence-electron chi connectivity index (χ0n) is 17.7. The number of rotatable bonds is 5. The molecule has 0 radical (unpaired) electrons. The Morgan fingerprint density at radius 3 is 2.59 bits per heavy atom. The minimum absolute atomic E-state index is 0.413. The van der Waals surface area contributed by atoms with Crippen molar-refractivity contribution < 1.29 is 4.79 Å². The van der Waals surface area contributed by atoms with E-state index >= 15 is 0 Å². The summed E-state index contributed by atoms with van der Waals surface area (Å²) in [7, 11) is 2.16. The number of hydrogen-bond acceptors (Lipinski definition) is 6. The third-order valence-electron chi connectivity index (χ3n) is 5.78. The van der Waals surface area contributed by atoms with Gasteiger partial charge in [-0.2, -0.15) is 0 Å². The number of aromatic nitrogens is 3. The number of hydrogen-bond donors (Lipinski definition) is 1. The van der Waals surface area contributed by atoms with Crippen molar-refractivity contribution in [1.29, 1.82) is 0 Å². The number of fused-ring (bicyclic) bond motifs is 1. The molecular weight excluding hydrogens is 444 g/mol. The summed E-state index contributed by atoms with van der Waals surface area (Å²) in [6.45, 7) is 5.26. The molecular formula is C23H23ClN6OS. The third-order valence-corrected chi connectivity index (χ3v) is 7.10. The predicted octanol–water partition coefficient (Wildman–Crippen LogP) is 3.65. The molecule has 0 bridgehead atoms. The number of amides is 1. The normalized spacial score (nSPS) is 15.4. The molecule has 2 aromatic carbocycles. The van der Waals surface area contributed by atoms with Crippen molar-refractivity contribution in [3.05, 3.63) is 64.3 Å². The molecule has 0 unspecified atom stereocenters. The summed E-state index contributed by atoms with van der Waals surface area (Å²) >= 11 is 7.27. The van der Waals surface area contributed by atoms with E-state index in [0.29, 0.717) is 20.7 Å². The second-order valence-electron chi connectivity index (χ2n) is 8.06. The fraction of sp³-hybridized carbons (Fsp3) is 0.261. The molecule has 3 heterocycles. The van der Waals surface area contributed by atoms with Crippen molar-refractivity contribution in [2.75, 3.05) is 33.2 Å². The van der Waals surface area contributed by atoms with E-state index in [4.69, 9.17) is 22.3 Å². The van der Waals surface area contributed by atoms with Crippen LogP contribution in [0, 0.1) is 0 Å². The van der Waals surface area contributed by atoms with Gasteiger partial charge in [-0.15, -0.1) is 0 Å². The van der Waals surface area contributed by atoms with Crippen LogP contribution in [0.25, 0.3) is 27.4 Å². The Morgan fingerprint density at radius 2 is 1.88 bits per heavy atom. The first kappa shape index (κ1) is 21.1. The van der Waals surface area contributed by atoms with Gasteiger partial charge in [0.2, 0.25) is 0 Å². The lowest BCUT2D eigenvalue weighted by Crippen LogP contribution is -2.43. The number of primary amides is 1. The molecule has 0 aliphatic carbocycles. The van der Waals surface area contributed by atoms with E-state index in [9.17, 15) is 4.79 Å². The number of carbonyl (C=O) groups is 1. The van der Waals surface area contributed by atoms with Gasteiger partial charge in [0.05, 0.1) is 16.7 Å². The minimum atomic E-state index is -0.502. The first-order valence-electron chi connectivity index (χ1n) is 10.4. The molecule has 4 aromatic rings. The summed E-state index contributed by atoms with van der Waals surface area (Å²) in [5, 5.41) is 1.27. The third kappa shape index (κ3) is 4.14. The number of piperazine rings is 1. The van der Waals surface area contributed by atoms with Crippen LogP contribution in [0.3, 0.4) is 0 Å². The molecule has 1 fully saturated rings. The first-order valence-corrected chi connectivity index (χ1v) is 11.6. The summed E-state index contributed by atoms with van der Waals surface area (Å²) in [6.07, 6.45) is 1.75. The minimum Gasteiger partial charge on any atom is -0.365 e. The maximum atomic E-state index is 12.1. The van der Waals surface area contributed by atoms with E-state index in [2.05, 4.69) is 40.0 Å². The second kappa shape index (κ2) is 8.63. The van der Waals surface area contributed by atoms with Gasteiger partial charge in [0.15, 0.2) is 5.13 Å². The number of benzene rings is 2. The summed E-state index contributed by atoms with van der Waals surface area (Å²) in [4.78, 5) is 26.7. The van der Waals surface area contributed by atoms with Crippen molar-refractivity contribution in [3.8, 4) is 16.4 Å². The van der Waals surface area contributed by atoms with Crippen molar-refractivity contribution in [1.82, 2.24) is 24.3 Å². The van der Waals surface area contributed by atoms with Gasteiger partial charge < -0.3 is 10.6 Å². The second-order valence-corrected chi connectivity index (χ2v) is 9.48. The van der Waals surface area contributed by atoms with Gasteiger partial charge >= 0.3 is 0 Å². The van der Waals surface area contributed by atoms with E-state index in [-0.39, 0.29) is 0 Å². The molecule has 0 saturated carbocycles. The number of nitrogens with zero attached hydrogens (tertiary/aromatic N) is 5. The van der Waals surface area contributed by atoms with Crippen LogP contribution in [-0.4, -0.2) is 63.5 Å². The first-order chi connectivity index (χ1) is 15.5.